The average Bonchev–Trinajstić information content (AvgIpc) is 3.88. The van der Waals surface area contributed by atoms with Crippen LogP contribution in [0.4, 0.5) is 0 Å². The van der Waals surface area contributed by atoms with Crippen LogP contribution in [0.2, 0.25) is 0 Å². The van der Waals surface area contributed by atoms with Gasteiger partial charge in [0.05, 0.1) is 38.2 Å². The van der Waals surface area contributed by atoms with Gasteiger partial charge in [-0.15, -0.1) is 0 Å². The zero-order valence-electron chi connectivity index (χ0n) is 47.9. The molecule has 2 N–H and O–H groups in total. The number of rotatable bonds is 4. The second-order valence-electron chi connectivity index (χ2n) is 25.8. The van der Waals surface area contributed by atoms with Gasteiger partial charge in [0.15, 0.2) is 0 Å². The van der Waals surface area contributed by atoms with E-state index in [0.717, 1.165) is 95.1 Å². The molecule has 10 bridgehead atoms. The normalized spacial score (nSPS) is 17.6. The summed E-state index contributed by atoms with van der Waals surface area (Å²) in [7, 11) is 0. The van der Waals surface area contributed by atoms with Crippen LogP contribution in [0.15, 0.2) is 132 Å². The number of nitrogens with zero attached hydrogens (tertiary/aromatic N) is 1. The molecule has 0 saturated carbocycles. The Hall–Kier alpha value is -6.32. The molecule has 10 rings (SSSR count). The van der Waals surface area contributed by atoms with Crippen LogP contribution in [-0.4, -0.2) is 54.6 Å². The third-order valence-corrected chi connectivity index (χ3v) is 15.5. The Balaban J connectivity index is 1.29. The molecule has 2 atom stereocenters. The van der Waals surface area contributed by atoms with Crippen LogP contribution in [0.25, 0.3) is 0 Å². The number of aromatic hydroxyl groups is 2. The van der Waals surface area contributed by atoms with E-state index in [1.807, 2.05) is 24.3 Å². The van der Waals surface area contributed by atoms with Gasteiger partial charge in [-0.05, 0) is 112 Å². The van der Waals surface area contributed by atoms with Crippen LogP contribution >= 0.6 is 0 Å². The Morgan fingerprint density at radius 2 is 0.740 bits per heavy atom. The van der Waals surface area contributed by atoms with Crippen LogP contribution in [0.3, 0.4) is 0 Å². The molecule has 3 heterocycles. The molecule has 0 unspecified atom stereocenters. The molecule has 2 aliphatic heterocycles. The molecule has 0 spiro atoms. The van der Waals surface area contributed by atoms with E-state index in [2.05, 4.69) is 185 Å². The third-order valence-electron chi connectivity index (χ3n) is 15.5. The molecule has 1 aliphatic carbocycles. The van der Waals surface area contributed by atoms with E-state index in [-0.39, 0.29) is 58.6 Å². The Morgan fingerprint density at radius 1 is 0.416 bits per heavy atom. The van der Waals surface area contributed by atoms with Crippen molar-refractivity contribution in [2.24, 2.45) is 0 Å². The summed E-state index contributed by atoms with van der Waals surface area (Å²) >= 11 is 0. The Bertz CT molecular complexity index is 2840. The van der Waals surface area contributed by atoms with Crippen molar-refractivity contribution in [3.8, 4) is 23.0 Å². The van der Waals surface area contributed by atoms with Crippen LogP contribution in [0.1, 0.15) is 179 Å². The zero-order valence-corrected chi connectivity index (χ0v) is 47.9. The number of hydrogen-bond donors (Lipinski definition) is 2. The molecule has 8 heteroatoms. The molecular formula is C69H83NO7. The van der Waals surface area contributed by atoms with E-state index in [1.165, 1.54) is 0 Å². The Morgan fingerprint density at radius 3 is 1.04 bits per heavy atom. The molecule has 0 radical (unpaired) electrons. The van der Waals surface area contributed by atoms with E-state index in [0.29, 0.717) is 58.5 Å². The Labute approximate surface area is 459 Å². The van der Waals surface area contributed by atoms with Gasteiger partial charge in [-0.25, -0.2) is 0 Å². The molecule has 6 aromatic carbocycles. The lowest BCUT2D eigenvalue weighted by Gasteiger charge is -2.31. The van der Waals surface area contributed by atoms with E-state index in [1.54, 1.807) is 6.26 Å². The summed E-state index contributed by atoms with van der Waals surface area (Å²) in [6.45, 7) is 29.6. The highest BCUT2D eigenvalue weighted by atomic mass is 16.5. The fourth-order valence-corrected chi connectivity index (χ4v) is 10.8. The van der Waals surface area contributed by atoms with E-state index >= 15 is 0 Å². The molecule has 406 valence electrons. The summed E-state index contributed by atoms with van der Waals surface area (Å²) in [5.74, 6) is 2.89. The average molecular weight is 1040 g/mol. The van der Waals surface area contributed by atoms with Crippen LogP contribution in [-0.2, 0) is 63.4 Å². The molecule has 1 aromatic heterocycles. The lowest BCUT2D eigenvalue weighted by atomic mass is 9.79. The summed E-state index contributed by atoms with van der Waals surface area (Å²) in [6.07, 6.45) is 2.74. The molecule has 77 heavy (non-hydrogen) atoms. The van der Waals surface area contributed by atoms with Gasteiger partial charge in [0.1, 0.15) is 42.0 Å². The molecule has 0 amide bonds. The fourth-order valence-electron chi connectivity index (χ4n) is 10.8. The first-order valence-electron chi connectivity index (χ1n) is 27.8. The maximum Gasteiger partial charge on any atom is 0.126 e. The highest BCUT2D eigenvalue weighted by molar-refractivity contribution is 5.59. The zero-order chi connectivity index (χ0) is 54.9. The Kier molecular flexibility index (Phi) is 16.2. The highest BCUT2D eigenvalue weighted by Crippen LogP contribution is 2.44. The summed E-state index contributed by atoms with van der Waals surface area (Å²) in [4.78, 5) is 2.37. The largest absolute Gasteiger partial charge is 0.507 e. The lowest BCUT2D eigenvalue weighted by molar-refractivity contribution is -0.0226. The standard InChI is InChI=1S/C69H83NO7/c1-66(2,3)55-34-47-30-51-38-57(68(7,8)9)40-53-32-49-36-56(67(4,5)6)37-50(63(49)72)33-54-41-58(69(10,11)12)39-52(31-48(35-55)62(47)71)65(54)77-29-27-75-61(46-22-17-14-18-23-46)44-70(42-59-24-19-25-73-59)43-60(45-20-15-13-16-21-45)74-26-28-76-64(51)53/h13-25,34-41,60-61,71-72H,26-33,42-44H2,1-12H3/t60-,61-/m0/s1. The van der Waals surface area contributed by atoms with Crippen molar-refractivity contribution in [3.63, 3.8) is 0 Å². The molecule has 0 fully saturated rings. The molecule has 8 nitrogen and oxygen atoms in total. The third kappa shape index (κ3) is 13.3. The monoisotopic (exact) mass is 1040 g/mol. The van der Waals surface area contributed by atoms with Gasteiger partial charge in [0.25, 0.3) is 0 Å². The number of benzene rings is 6. The molecule has 3 aliphatic rings. The second kappa shape index (κ2) is 22.6. The predicted octanol–water partition coefficient (Wildman–Crippen LogP) is 15.3. The van der Waals surface area contributed by atoms with E-state index < -0.39 is 0 Å². The van der Waals surface area contributed by atoms with Crippen molar-refractivity contribution < 1.29 is 33.6 Å². The molecule has 0 saturated heterocycles. The van der Waals surface area contributed by atoms with Crippen molar-refractivity contribution >= 4 is 0 Å². The number of phenolic OH excluding ortho intramolecular Hbond substituents is 2. The summed E-state index contributed by atoms with van der Waals surface area (Å²) in [5.41, 5.74) is 13.0. The SMILES string of the molecule is CC(C)(C)c1cc2c(O)c(c1)Cc1cc(C(C)(C)C)cc3c1OCCO[C@H](c1ccccc1)CN(Cc1ccco1)C[C@@H](c1ccccc1)OCCOc1c(cc(C(C)(C)C)cc1Cc1cc(C(C)(C)C)cc(c1O)C3)C2. The second-order valence-corrected chi connectivity index (χ2v) is 25.8. The fraction of sp³-hybridized carbons (Fsp3) is 0.420. The predicted molar refractivity (Wildman–Crippen MR) is 310 cm³/mol. The van der Waals surface area contributed by atoms with Gasteiger partial charge < -0.3 is 33.6 Å². The van der Waals surface area contributed by atoms with E-state index in [4.69, 9.17) is 23.4 Å². The van der Waals surface area contributed by atoms with Crippen molar-refractivity contribution in [2.45, 2.75) is 149 Å². The van der Waals surface area contributed by atoms with Gasteiger partial charge in [0.2, 0.25) is 0 Å². The van der Waals surface area contributed by atoms with Gasteiger partial charge in [-0.2, -0.15) is 0 Å². The minimum atomic E-state index is -0.327. The van der Waals surface area contributed by atoms with Gasteiger partial charge in [0, 0.05) is 38.8 Å². The quantitative estimate of drug-likeness (QED) is 0.168. The maximum atomic E-state index is 12.8. The van der Waals surface area contributed by atoms with Gasteiger partial charge in [-0.1, -0.05) is 192 Å². The summed E-state index contributed by atoms with van der Waals surface area (Å²) < 4.78 is 34.4. The smallest absolute Gasteiger partial charge is 0.126 e. The van der Waals surface area contributed by atoms with Gasteiger partial charge >= 0.3 is 0 Å². The minimum absolute atomic E-state index is 0.226. The topological polar surface area (TPSA) is 93.8 Å². The van der Waals surface area contributed by atoms with Crippen LogP contribution in [0.5, 0.6) is 23.0 Å². The molecular weight excluding hydrogens is 955 g/mol. The van der Waals surface area contributed by atoms with Crippen molar-refractivity contribution in [1.29, 1.82) is 0 Å². The van der Waals surface area contributed by atoms with Crippen molar-refractivity contribution in [3.05, 3.63) is 211 Å². The lowest BCUT2D eigenvalue weighted by Crippen LogP contribution is -2.34. The number of phenols is 2. The van der Waals surface area contributed by atoms with E-state index in [9.17, 15) is 10.2 Å². The number of fused-ring (bicyclic) bond motifs is 12. The van der Waals surface area contributed by atoms with Gasteiger partial charge in [-0.3, -0.25) is 4.90 Å². The summed E-state index contributed by atoms with van der Waals surface area (Å²) in [6, 6.07) is 42.7. The maximum absolute atomic E-state index is 12.8. The number of ether oxygens (including phenoxy) is 4. The van der Waals surface area contributed by atoms with Crippen LogP contribution < -0.4 is 9.47 Å². The highest BCUT2D eigenvalue weighted by Gasteiger charge is 2.30. The summed E-state index contributed by atoms with van der Waals surface area (Å²) in [5, 5.41) is 25.7. The minimum Gasteiger partial charge on any atom is -0.507 e. The first-order chi connectivity index (χ1) is 36.5. The number of hydrogen-bond acceptors (Lipinski definition) is 8. The van der Waals surface area contributed by atoms with Crippen molar-refractivity contribution in [2.75, 3.05) is 39.5 Å². The first kappa shape index (κ1) is 55.4. The molecule has 7 aromatic rings. The first-order valence-corrected chi connectivity index (χ1v) is 27.8. The van der Waals surface area contributed by atoms with Crippen LogP contribution in [0, 0.1) is 0 Å². The van der Waals surface area contributed by atoms with Crippen molar-refractivity contribution in [1.82, 2.24) is 4.90 Å². The number of furan rings is 1.